The van der Waals surface area contributed by atoms with Crippen molar-refractivity contribution in [2.45, 2.75) is 118 Å². The maximum absolute atomic E-state index is 11.6. The van der Waals surface area contributed by atoms with Gasteiger partial charge in [-0.25, -0.2) is 0 Å². The summed E-state index contributed by atoms with van der Waals surface area (Å²) in [6.45, 7) is 18.4. The van der Waals surface area contributed by atoms with Crippen molar-refractivity contribution in [1.29, 1.82) is 0 Å². The van der Waals surface area contributed by atoms with E-state index in [0.717, 1.165) is 96.7 Å². The van der Waals surface area contributed by atoms with Crippen molar-refractivity contribution in [3.05, 3.63) is 81.8 Å². The normalized spacial score (nSPS) is 23.1. The van der Waals surface area contributed by atoms with Crippen molar-refractivity contribution < 1.29 is 28.9 Å². The number of methoxy groups -OCH3 is 1. The van der Waals surface area contributed by atoms with Crippen molar-refractivity contribution >= 4 is 56.7 Å². The van der Waals surface area contributed by atoms with Crippen LogP contribution in [0.2, 0.25) is 10.0 Å². The zero-order valence-corrected chi connectivity index (χ0v) is 38.8. The van der Waals surface area contributed by atoms with Gasteiger partial charge in [0.1, 0.15) is 11.5 Å². The van der Waals surface area contributed by atoms with Gasteiger partial charge in [-0.1, -0.05) is 101 Å². The molecule has 4 aliphatic rings. The zero-order chi connectivity index (χ0) is 43.6. The Balaban J connectivity index is 0.000000184. The van der Waals surface area contributed by atoms with E-state index < -0.39 is 5.97 Å². The number of carbonyl (C=O) groups is 2. The number of hydrogen-bond acceptors (Lipinski definition) is 7. The molecule has 2 saturated heterocycles. The lowest BCUT2D eigenvalue weighted by molar-refractivity contribution is -0.151. The molecule has 4 aromatic carbocycles. The molecule has 0 amide bonds. The molecule has 1 N–H and O–H groups in total. The van der Waals surface area contributed by atoms with Crippen LogP contribution in [0.1, 0.15) is 104 Å². The molecule has 4 fully saturated rings. The second-order valence-corrected chi connectivity index (χ2v) is 21.2. The molecular formula is C51H66Cl2N2O6. The van der Waals surface area contributed by atoms with Gasteiger partial charge < -0.3 is 19.3 Å². The number of nitrogens with zero attached hydrogens (tertiary/aromatic N) is 2. The van der Waals surface area contributed by atoms with Gasteiger partial charge in [-0.05, 0) is 120 Å². The molecule has 8 rings (SSSR count). The number of esters is 1. The van der Waals surface area contributed by atoms with E-state index in [1.165, 1.54) is 43.9 Å². The Hall–Kier alpha value is -3.56. The Labute approximate surface area is 373 Å². The van der Waals surface area contributed by atoms with Gasteiger partial charge in [-0.2, -0.15) is 0 Å². The number of carbonyl (C=O) groups excluding carboxylic acids is 1. The molecule has 330 valence electrons. The quantitative estimate of drug-likeness (QED) is 0.158. The lowest BCUT2D eigenvalue weighted by Gasteiger charge is -2.37. The first-order chi connectivity index (χ1) is 28.9. The Bertz CT molecular complexity index is 2170. The van der Waals surface area contributed by atoms with Gasteiger partial charge in [-0.3, -0.25) is 19.4 Å². The van der Waals surface area contributed by atoms with Crippen LogP contribution >= 0.6 is 23.2 Å². The van der Waals surface area contributed by atoms with E-state index in [0.29, 0.717) is 34.0 Å². The van der Waals surface area contributed by atoms with Crippen LogP contribution in [0.15, 0.2) is 60.7 Å². The first-order valence-corrected chi connectivity index (χ1v) is 23.2. The summed E-state index contributed by atoms with van der Waals surface area (Å²) >= 11 is 13.5. The smallest absolute Gasteiger partial charge is 0.311 e. The summed E-state index contributed by atoms with van der Waals surface area (Å²) < 4.78 is 17.5. The maximum Gasteiger partial charge on any atom is 0.311 e. The molecule has 2 heterocycles. The van der Waals surface area contributed by atoms with E-state index in [9.17, 15) is 9.59 Å². The van der Waals surface area contributed by atoms with Crippen LogP contribution in [0.3, 0.4) is 0 Å². The number of fused-ring (bicyclic) bond motifs is 2. The SMILES string of the molecule is CC(C)(C)C1CCC(Oc2ccc3cc(CN4CC(C(=O)O)C4)ccc3c2Cl)CC1.COC(=O)C1CN(Cc2ccc3c(Cl)c(OC4CCC(C(C)(C)C)CC4)ccc3c2)C1. The third-order valence-electron chi connectivity index (χ3n) is 14.0. The molecule has 0 radical (unpaired) electrons. The van der Waals surface area contributed by atoms with Crippen LogP contribution in [-0.2, 0) is 27.4 Å². The molecule has 0 atom stereocenters. The third kappa shape index (κ3) is 11.2. The van der Waals surface area contributed by atoms with Gasteiger partial charge in [0.05, 0.1) is 41.2 Å². The van der Waals surface area contributed by atoms with Gasteiger partial charge in [0.25, 0.3) is 0 Å². The highest BCUT2D eigenvalue weighted by molar-refractivity contribution is 6.37. The topological polar surface area (TPSA) is 88.5 Å². The minimum atomic E-state index is -0.698. The second-order valence-electron chi connectivity index (χ2n) is 20.4. The van der Waals surface area contributed by atoms with Crippen LogP contribution in [0.25, 0.3) is 21.5 Å². The average molecular weight is 874 g/mol. The lowest BCUT2D eigenvalue weighted by Crippen LogP contribution is -2.49. The van der Waals surface area contributed by atoms with Crippen LogP contribution in [-0.4, -0.2) is 72.3 Å². The van der Waals surface area contributed by atoms with Crippen molar-refractivity contribution in [2.75, 3.05) is 33.3 Å². The van der Waals surface area contributed by atoms with Crippen LogP contribution in [0, 0.1) is 34.5 Å². The summed E-state index contributed by atoms with van der Waals surface area (Å²) in [5, 5.41) is 14.7. The molecular weight excluding hydrogens is 807 g/mol. The summed E-state index contributed by atoms with van der Waals surface area (Å²) in [5.74, 6) is 2.09. The summed E-state index contributed by atoms with van der Waals surface area (Å²) in [5.41, 5.74) is 3.14. The van der Waals surface area contributed by atoms with Crippen molar-refractivity contribution in [3.63, 3.8) is 0 Å². The number of likely N-dealkylation sites (tertiary alicyclic amines) is 2. The fourth-order valence-corrected chi connectivity index (χ4v) is 10.4. The predicted octanol–water partition coefficient (Wildman–Crippen LogP) is 12.1. The fraction of sp³-hybridized carbons (Fsp3) is 0.569. The number of aliphatic carboxylic acids is 1. The maximum atomic E-state index is 11.6. The summed E-state index contributed by atoms with van der Waals surface area (Å²) in [7, 11) is 1.45. The largest absolute Gasteiger partial charge is 0.489 e. The van der Waals surface area contributed by atoms with Gasteiger partial charge in [-0.15, -0.1) is 0 Å². The molecule has 8 nitrogen and oxygen atoms in total. The molecule has 0 unspecified atom stereocenters. The van der Waals surface area contributed by atoms with E-state index in [-0.39, 0.29) is 30.0 Å². The molecule has 0 spiro atoms. The number of rotatable bonds is 10. The first-order valence-electron chi connectivity index (χ1n) is 22.5. The molecule has 2 saturated carbocycles. The molecule has 4 aromatic rings. The van der Waals surface area contributed by atoms with Crippen molar-refractivity contribution in [1.82, 2.24) is 9.80 Å². The summed E-state index contributed by atoms with van der Waals surface area (Å²) in [4.78, 5) is 27.0. The van der Waals surface area contributed by atoms with E-state index in [1.807, 2.05) is 12.1 Å². The van der Waals surface area contributed by atoms with E-state index in [2.05, 4.69) is 99.9 Å². The highest BCUT2D eigenvalue weighted by Gasteiger charge is 2.35. The Kier molecular flexibility index (Phi) is 14.2. The summed E-state index contributed by atoms with van der Waals surface area (Å²) in [6, 6.07) is 20.9. The molecule has 61 heavy (non-hydrogen) atoms. The van der Waals surface area contributed by atoms with Crippen LogP contribution in [0.4, 0.5) is 0 Å². The Morgan fingerprint density at radius 3 is 1.36 bits per heavy atom. The summed E-state index contributed by atoms with van der Waals surface area (Å²) in [6.07, 6.45) is 9.71. The third-order valence-corrected chi connectivity index (χ3v) is 14.7. The van der Waals surface area contributed by atoms with Gasteiger partial charge in [0, 0.05) is 50.0 Å². The highest BCUT2D eigenvalue weighted by Crippen LogP contribution is 2.42. The minimum Gasteiger partial charge on any atom is -0.489 e. The number of carboxylic acids is 1. The zero-order valence-electron chi connectivity index (χ0n) is 37.3. The van der Waals surface area contributed by atoms with E-state index >= 15 is 0 Å². The number of carboxylic acid groups (broad SMARTS) is 1. The van der Waals surface area contributed by atoms with Gasteiger partial charge >= 0.3 is 11.9 Å². The Morgan fingerprint density at radius 1 is 0.607 bits per heavy atom. The van der Waals surface area contributed by atoms with Crippen LogP contribution in [0.5, 0.6) is 11.5 Å². The monoisotopic (exact) mass is 872 g/mol. The molecule has 2 aliphatic heterocycles. The first kappa shape index (κ1) is 45.5. The van der Waals surface area contributed by atoms with Gasteiger partial charge in [0.15, 0.2) is 0 Å². The van der Waals surface area contributed by atoms with Crippen molar-refractivity contribution in [3.8, 4) is 11.5 Å². The Morgan fingerprint density at radius 2 is 1.00 bits per heavy atom. The lowest BCUT2D eigenvalue weighted by atomic mass is 9.72. The standard InChI is InChI=1S/C26H34ClNO3.C25H32ClNO3/c1-26(2,3)20-7-9-21(10-8-20)31-23-12-6-18-13-17(5-11-22(18)24(23)27)14-28-15-19(16-28)25(29)30-4;1-25(2,3)19-6-8-20(9-7-19)30-22-11-5-17-12-16(4-10-21(17)23(22)26)13-27-14-18(15-27)24(28)29/h5-6,11-13,19-21H,7-10,14-16H2,1-4H3;4-5,10-12,18-20H,6-9,13-15H2,1-3H3,(H,28,29). The molecule has 0 bridgehead atoms. The van der Waals surface area contributed by atoms with E-state index in [4.69, 9.17) is 42.5 Å². The van der Waals surface area contributed by atoms with Crippen molar-refractivity contribution in [2.24, 2.45) is 34.5 Å². The number of ether oxygens (including phenoxy) is 3. The number of halogens is 2. The predicted molar refractivity (Wildman–Crippen MR) is 247 cm³/mol. The van der Waals surface area contributed by atoms with Crippen LogP contribution < -0.4 is 9.47 Å². The minimum absolute atomic E-state index is 0.0121. The fourth-order valence-electron chi connectivity index (χ4n) is 9.86. The number of benzene rings is 4. The number of hydrogen-bond donors (Lipinski definition) is 1. The molecule has 10 heteroatoms. The molecule has 2 aliphatic carbocycles. The second kappa shape index (κ2) is 19.0. The van der Waals surface area contributed by atoms with E-state index in [1.54, 1.807) is 0 Å². The molecule has 0 aromatic heterocycles. The highest BCUT2D eigenvalue weighted by atomic mass is 35.5. The average Bonchev–Trinajstić information content (AvgIpc) is 3.19. The van der Waals surface area contributed by atoms with Gasteiger partial charge in [0.2, 0.25) is 0 Å².